The van der Waals surface area contributed by atoms with Gasteiger partial charge in [0.05, 0.1) is 17.6 Å². The van der Waals surface area contributed by atoms with Gasteiger partial charge in [0.25, 0.3) is 0 Å². The number of carbonyl (C=O) groups is 1. The van der Waals surface area contributed by atoms with E-state index in [9.17, 15) is 9.18 Å². The number of nitrogens with zero attached hydrogens (tertiary/aromatic N) is 3. The lowest BCUT2D eigenvalue weighted by molar-refractivity contribution is 0.0522. The second-order valence-electron chi connectivity index (χ2n) is 6.54. The molecular formula is C18H19FN4O2. The first-order valence-corrected chi connectivity index (χ1v) is 7.89. The van der Waals surface area contributed by atoms with Crippen molar-refractivity contribution in [1.82, 2.24) is 19.9 Å². The molecule has 0 saturated heterocycles. The van der Waals surface area contributed by atoms with Crippen LogP contribution in [0.15, 0.2) is 42.6 Å². The van der Waals surface area contributed by atoms with Gasteiger partial charge in [0.1, 0.15) is 23.1 Å². The largest absolute Gasteiger partial charge is 0.444 e. The summed E-state index contributed by atoms with van der Waals surface area (Å²) in [5.74, 6) is 0.762. The molecule has 0 saturated carbocycles. The van der Waals surface area contributed by atoms with E-state index in [0.29, 0.717) is 22.7 Å². The molecule has 1 N–H and O–H groups in total. The molecule has 0 aliphatic carbocycles. The van der Waals surface area contributed by atoms with E-state index in [1.165, 1.54) is 12.1 Å². The third-order valence-corrected chi connectivity index (χ3v) is 3.35. The minimum absolute atomic E-state index is 0.127. The van der Waals surface area contributed by atoms with Crippen LogP contribution in [-0.4, -0.2) is 26.2 Å². The number of pyridine rings is 1. The van der Waals surface area contributed by atoms with Gasteiger partial charge in [0.15, 0.2) is 0 Å². The SMILES string of the molecule is CC(C)(C)OC(=O)NCc1nc2ccc(F)cc2n1-c1ccccn1. The lowest BCUT2D eigenvalue weighted by atomic mass is 10.2. The van der Waals surface area contributed by atoms with Crippen LogP contribution in [0.3, 0.4) is 0 Å². The molecule has 7 heteroatoms. The van der Waals surface area contributed by atoms with Crippen molar-refractivity contribution in [3.63, 3.8) is 0 Å². The highest BCUT2D eigenvalue weighted by Gasteiger charge is 2.18. The molecule has 1 amide bonds. The summed E-state index contributed by atoms with van der Waals surface area (Å²) >= 11 is 0. The van der Waals surface area contributed by atoms with Crippen LogP contribution < -0.4 is 5.32 Å². The van der Waals surface area contributed by atoms with E-state index in [4.69, 9.17) is 4.74 Å². The Kier molecular flexibility index (Phi) is 4.39. The number of aromatic nitrogens is 3. The minimum atomic E-state index is -0.589. The Morgan fingerprint density at radius 1 is 1.28 bits per heavy atom. The van der Waals surface area contributed by atoms with Crippen LogP contribution in [0.4, 0.5) is 9.18 Å². The average molecular weight is 342 g/mol. The Balaban J connectivity index is 1.96. The molecule has 0 aliphatic heterocycles. The highest BCUT2D eigenvalue weighted by atomic mass is 19.1. The smallest absolute Gasteiger partial charge is 0.408 e. The maximum Gasteiger partial charge on any atom is 0.408 e. The number of hydrogen-bond donors (Lipinski definition) is 1. The first kappa shape index (κ1) is 16.9. The van der Waals surface area contributed by atoms with Crippen molar-refractivity contribution >= 4 is 17.1 Å². The van der Waals surface area contributed by atoms with Crippen molar-refractivity contribution in [2.24, 2.45) is 0 Å². The summed E-state index contributed by atoms with van der Waals surface area (Å²) < 4.78 is 20.6. The fourth-order valence-corrected chi connectivity index (χ4v) is 2.42. The summed E-state index contributed by atoms with van der Waals surface area (Å²) in [6, 6.07) is 9.77. The lowest BCUT2D eigenvalue weighted by Crippen LogP contribution is -2.32. The molecule has 2 aromatic heterocycles. The molecule has 3 aromatic rings. The third-order valence-electron chi connectivity index (χ3n) is 3.35. The molecule has 0 aliphatic rings. The molecule has 6 nitrogen and oxygen atoms in total. The van der Waals surface area contributed by atoms with Crippen molar-refractivity contribution in [2.45, 2.75) is 32.9 Å². The summed E-state index contributed by atoms with van der Waals surface area (Å²) in [6.07, 6.45) is 1.10. The molecule has 0 bridgehead atoms. The molecule has 0 fully saturated rings. The van der Waals surface area contributed by atoms with Gasteiger partial charge in [0, 0.05) is 12.3 Å². The van der Waals surface area contributed by atoms with Crippen molar-refractivity contribution in [3.05, 3.63) is 54.2 Å². The fraction of sp³-hybridized carbons (Fsp3) is 0.278. The van der Waals surface area contributed by atoms with Gasteiger partial charge in [-0.05, 0) is 45.0 Å². The second kappa shape index (κ2) is 6.51. The number of ether oxygens (including phenoxy) is 1. The Hall–Kier alpha value is -2.96. The van der Waals surface area contributed by atoms with E-state index < -0.39 is 11.7 Å². The molecule has 25 heavy (non-hydrogen) atoms. The first-order valence-electron chi connectivity index (χ1n) is 7.89. The standard InChI is InChI=1S/C18H19FN4O2/c1-18(2,3)25-17(24)21-11-16-22-13-8-7-12(19)10-14(13)23(16)15-6-4-5-9-20-15/h4-10H,11H2,1-3H3,(H,21,24). The van der Waals surface area contributed by atoms with Gasteiger partial charge in [-0.1, -0.05) is 6.07 Å². The highest BCUT2D eigenvalue weighted by molar-refractivity contribution is 5.78. The van der Waals surface area contributed by atoms with Crippen LogP contribution in [0, 0.1) is 5.82 Å². The second-order valence-corrected chi connectivity index (χ2v) is 6.54. The van der Waals surface area contributed by atoms with E-state index in [1.807, 2.05) is 6.07 Å². The highest BCUT2D eigenvalue weighted by Crippen LogP contribution is 2.21. The van der Waals surface area contributed by atoms with E-state index in [1.54, 1.807) is 49.7 Å². The molecule has 3 rings (SSSR count). The zero-order chi connectivity index (χ0) is 18.0. The summed E-state index contributed by atoms with van der Waals surface area (Å²) in [7, 11) is 0. The Labute approximate surface area is 144 Å². The number of amides is 1. The molecule has 0 atom stereocenters. The van der Waals surface area contributed by atoms with Crippen LogP contribution in [0.25, 0.3) is 16.9 Å². The minimum Gasteiger partial charge on any atom is -0.444 e. The van der Waals surface area contributed by atoms with Crippen LogP contribution >= 0.6 is 0 Å². The van der Waals surface area contributed by atoms with E-state index in [2.05, 4.69) is 15.3 Å². The van der Waals surface area contributed by atoms with Crippen LogP contribution in [0.5, 0.6) is 0 Å². The number of rotatable bonds is 3. The predicted octanol–water partition coefficient (Wildman–Crippen LogP) is 3.58. The summed E-state index contributed by atoms with van der Waals surface area (Å²) in [4.78, 5) is 20.7. The summed E-state index contributed by atoms with van der Waals surface area (Å²) in [6.45, 7) is 5.50. The van der Waals surface area contributed by atoms with Crippen molar-refractivity contribution < 1.29 is 13.9 Å². The van der Waals surface area contributed by atoms with Crippen LogP contribution in [0.2, 0.25) is 0 Å². The van der Waals surface area contributed by atoms with Crippen LogP contribution in [-0.2, 0) is 11.3 Å². The first-order chi connectivity index (χ1) is 11.8. The van der Waals surface area contributed by atoms with Gasteiger partial charge in [-0.2, -0.15) is 0 Å². The normalized spacial score (nSPS) is 11.5. The zero-order valence-corrected chi connectivity index (χ0v) is 14.3. The molecule has 130 valence electrons. The Bertz CT molecular complexity index is 901. The molecule has 2 heterocycles. The van der Waals surface area contributed by atoms with E-state index in [-0.39, 0.29) is 12.4 Å². The van der Waals surface area contributed by atoms with E-state index in [0.717, 1.165) is 0 Å². The summed E-state index contributed by atoms with van der Waals surface area (Å²) in [5, 5.41) is 2.68. The van der Waals surface area contributed by atoms with E-state index >= 15 is 0 Å². The monoisotopic (exact) mass is 342 g/mol. The number of imidazole rings is 1. The maximum atomic E-state index is 13.7. The topological polar surface area (TPSA) is 69.0 Å². The van der Waals surface area contributed by atoms with Gasteiger partial charge < -0.3 is 10.1 Å². The Morgan fingerprint density at radius 3 is 2.76 bits per heavy atom. The molecule has 0 unspecified atom stereocenters. The number of hydrogen-bond acceptors (Lipinski definition) is 4. The average Bonchev–Trinajstić information content (AvgIpc) is 2.89. The van der Waals surface area contributed by atoms with Gasteiger partial charge in [-0.3, -0.25) is 4.57 Å². The third kappa shape index (κ3) is 3.93. The van der Waals surface area contributed by atoms with Gasteiger partial charge in [-0.25, -0.2) is 19.2 Å². The number of nitrogens with one attached hydrogen (secondary N) is 1. The van der Waals surface area contributed by atoms with Gasteiger partial charge >= 0.3 is 6.09 Å². The maximum absolute atomic E-state index is 13.7. The fourth-order valence-electron chi connectivity index (χ4n) is 2.42. The number of carbonyl (C=O) groups excluding carboxylic acids is 1. The van der Waals surface area contributed by atoms with Crippen molar-refractivity contribution in [3.8, 4) is 5.82 Å². The van der Waals surface area contributed by atoms with Crippen molar-refractivity contribution in [1.29, 1.82) is 0 Å². The Morgan fingerprint density at radius 2 is 2.08 bits per heavy atom. The number of fused-ring (bicyclic) bond motifs is 1. The molecule has 0 radical (unpaired) electrons. The van der Waals surface area contributed by atoms with Crippen LogP contribution in [0.1, 0.15) is 26.6 Å². The molecule has 1 aromatic carbocycles. The quantitative estimate of drug-likeness (QED) is 0.790. The predicted molar refractivity (Wildman–Crippen MR) is 91.9 cm³/mol. The lowest BCUT2D eigenvalue weighted by Gasteiger charge is -2.19. The molecule has 0 spiro atoms. The number of alkyl carbamates (subject to hydrolysis) is 1. The van der Waals surface area contributed by atoms with Gasteiger partial charge in [-0.15, -0.1) is 0 Å². The molecular weight excluding hydrogens is 323 g/mol. The van der Waals surface area contributed by atoms with Gasteiger partial charge in [0.2, 0.25) is 0 Å². The van der Waals surface area contributed by atoms with Crippen molar-refractivity contribution in [2.75, 3.05) is 0 Å². The number of benzene rings is 1. The zero-order valence-electron chi connectivity index (χ0n) is 14.3. The number of halogens is 1. The summed E-state index contributed by atoms with van der Waals surface area (Å²) in [5.41, 5.74) is 0.613.